The predicted molar refractivity (Wildman–Crippen MR) is 118 cm³/mol. The zero-order valence-electron chi connectivity index (χ0n) is 16.3. The summed E-state index contributed by atoms with van der Waals surface area (Å²) in [6, 6.07) is 14.0. The van der Waals surface area contributed by atoms with Gasteiger partial charge in [0.05, 0.1) is 11.9 Å². The number of carbonyl (C=O) groups is 1. The largest absolute Gasteiger partial charge is 0.441 e. The third-order valence-electron chi connectivity index (χ3n) is 4.86. The lowest BCUT2D eigenvalue weighted by Gasteiger charge is -2.00. The van der Waals surface area contributed by atoms with E-state index in [2.05, 4.69) is 20.3 Å². The molecule has 0 bridgehead atoms. The van der Waals surface area contributed by atoms with Crippen molar-refractivity contribution in [3.63, 3.8) is 0 Å². The number of halogens is 1. The zero-order valence-corrected chi connectivity index (χ0v) is 17.1. The van der Waals surface area contributed by atoms with Gasteiger partial charge in [-0.1, -0.05) is 18.2 Å². The maximum Gasteiger partial charge on any atom is 0.226 e. The number of rotatable bonds is 6. The molecule has 0 saturated heterocycles. The van der Waals surface area contributed by atoms with Crippen LogP contribution in [0.4, 0.5) is 9.52 Å². The summed E-state index contributed by atoms with van der Waals surface area (Å²) >= 11 is 1.38. The van der Waals surface area contributed by atoms with E-state index in [1.54, 1.807) is 18.3 Å². The number of benzene rings is 2. The topological polar surface area (TPSA) is 83.8 Å². The Bertz CT molecular complexity index is 1350. The fraction of sp³-hybridized carbons (Fsp3) is 0.0870. The van der Waals surface area contributed by atoms with Gasteiger partial charge in [0.25, 0.3) is 0 Å². The van der Waals surface area contributed by atoms with Gasteiger partial charge in [-0.05, 0) is 30.3 Å². The van der Waals surface area contributed by atoms with Gasteiger partial charge in [-0.15, -0.1) is 11.3 Å². The number of nitrogens with one attached hydrogen (secondary N) is 2. The molecule has 2 N–H and O–H groups in total. The normalized spacial score (nSPS) is 11.1. The van der Waals surface area contributed by atoms with E-state index in [-0.39, 0.29) is 18.1 Å². The number of nitrogens with zero attached hydrogens (tertiary/aromatic N) is 2. The smallest absolute Gasteiger partial charge is 0.226 e. The molecule has 0 spiro atoms. The van der Waals surface area contributed by atoms with Crippen LogP contribution in [-0.2, 0) is 11.2 Å². The van der Waals surface area contributed by atoms with Crippen LogP contribution in [0.1, 0.15) is 12.3 Å². The molecule has 154 valence electrons. The van der Waals surface area contributed by atoms with Gasteiger partial charge in [0.15, 0.2) is 16.8 Å². The lowest BCUT2D eigenvalue weighted by Crippen LogP contribution is -2.12. The average molecular weight is 432 g/mol. The average Bonchev–Trinajstić information content (AvgIpc) is 3.52. The van der Waals surface area contributed by atoms with Crippen LogP contribution in [0.3, 0.4) is 0 Å². The maximum atomic E-state index is 13.0. The molecule has 5 rings (SSSR count). The van der Waals surface area contributed by atoms with E-state index in [0.29, 0.717) is 23.2 Å². The van der Waals surface area contributed by atoms with Crippen LogP contribution in [0.5, 0.6) is 0 Å². The van der Waals surface area contributed by atoms with Crippen LogP contribution in [0.25, 0.3) is 33.5 Å². The molecular weight excluding hydrogens is 415 g/mol. The van der Waals surface area contributed by atoms with Gasteiger partial charge in [0, 0.05) is 46.4 Å². The first-order valence-electron chi connectivity index (χ1n) is 9.68. The molecule has 0 radical (unpaired) electrons. The highest BCUT2D eigenvalue weighted by Crippen LogP contribution is 2.31. The Morgan fingerprint density at radius 3 is 2.87 bits per heavy atom. The molecule has 0 aliphatic rings. The van der Waals surface area contributed by atoms with Crippen molar-refractivity contribution < 1.29 is 13.6 Å². The van der Waals surface area contributed by atoms with Crippen molar-refractivity contribution in [1.82, 2.24) is 15.0 Å². The Hall–Kier alpha value is -3.78. The molecule has 0 fully saturated rings. The summed E-state index contributed by atoms with van der Waals surface area (Å²) in [6.45, 7) is 0. The van der Waals surface area contributed by atoms with Crippen molar-refractivity contribution in [2.45, 2.75) is 12.8 Å². The molecule has 5 aromatic rings. The second-order valence-electron chi connectivity index (χ2n) is 6.96. The van der Waals surface area contributed by atoms with Gasteiger partial charge in [-0.2, -0.15) is 0 Å². The first kappa shape index (κ1) is 19.2. The molecule has 31 heavy (non-hydrogen) atoms. The second-order valence-corrected chi connectivity index (χ2v) is 7.82. The molecule has 0 atom stereocenters. The molecule has 2 aromatic carbocycles. The van der Waals surface area contributed by atoms with Crippen molar-refractivity contribution in [1.29, 1.82) is 0 Å². The summed E-state index contributed by atoms with van der Waals surface area (Å²) in [5, 5.41) is 6.39. The molecule has 0 aliphatic carbocycles. The van der Waals surface area contributed by atoms with Crippen molar-refractivity contribution in [2.24, 2.45) is 0 Å². The van der Waals surface area contributed by atoms with Crippen molar-refractivity contribution in [3.8, 4) is 22.6 Å². The number of carbonyl (C=O) groups excluding carboxylic acids is 1. The van der Waals surface area contributed by atoms with Crippen molar-refractivity contribution in [3.05, 3.63) is 78.0 Å². The summed E-state index contributed by atoms with van der Waals surface area (Å²) in [4.78, 5) is 24.3. The summed E-state index contributed by atoms with van der Waals surface area (Å²) in [6.07, 6.45) is 4.07. The molecule has 0 aliphatic heterocycles. The van der Waals surface area contributed by atoms with E-state index in [1.165, 1.54) is 23.5 Å². The number of hydrogen-bond acceptors (Lipinski definition) is 5. The number of aromatic nitrogens is 3. The van der Waals surface area contributed by atoms with Crippen molar-refractivity contribution in [2.75, 3.05) is 5.32 Å². The first-order valence-corrected chi connectivity index (χ1v) is 10.6. The zero-order chi connectivity index (χ0) is 21.2. The molecule has 6 nitrogen and oxygen atoms in total. The number of thiazole rings is 1. The Kier molecular flexibility index (Phi) is 5.05. The number of aryl methyl sites for hydroxylation is 1. The van der Waals surface area contributed by atoms with Crippen LogP contribution < -0.4 is 5.32 Å². The van der Waals surface area contributed by atoms with E-state index in [1.807, 2.05) is 35.8 Å². The Labute approximate surface area is 180 Å². The van der Waals surface area contributed by atoms with Crippen LogP contribution in [0, 0.1) is 5.82 Å². The van der Waals surface area contributed by atoms with Gasteiger partial charge in [-0.3, -0.25) is 4.79 Å². The first-order chi connectivity index (χ1) is 15.2. The number of H-pyrrole nitrogens is 1. The van der Waals surface area contributed by atoms with E-state index >= 15 is 0 Å². The molecule has 8 heteroatoms. The molecule has 1 amide bonds. The van der Waals surface area contributed by atoms with Gasteiger partial charge in [-0.25, -0.2) is 14.4 Å². The highest BCUT2D eigenvalue weighted by molar-refractivity contribution is 7.14. The second kappa shape index (κ2) is 8.16. The summed E-state index contributed by atoms with van der Waals surface area (Å²) < 4.78 is 18.7. The lowest BCUT2D eigenvalue weighted by atomic mass is 10.1. The van der Waals surface area contributed by atoms with Crippen LogP contribution in [0.15, 0.2) is 70.7 Å². The van der Waals surface area contributed by atoms with Crippen LogP contribution in [-0.4, -0.2) is 20.9 Å². The van der Waals surface area contributed by atoms with Gasteiger partial charge < -0.3 is 14.7 Å². The summed E-state index contributed by atoms with van der Waals surface area (Å²) in [5.74, 6) is 0.517. The molecule has 3 aromatic heterocycles. The standard InChI is InChI=1S/C23H17FN4O2S/c24-15-7-5-14(6-8-15)20-12-26-22(30-20)10-9-21(29)28-23-27-19(13-31-23)17-11-25-18-4-2-1-3-16(17)18/h1-8,11-13,25H,9-10H2,(H,27,28,29). The summed E-state index contributed by atoms with van der Waals surface area (Å²) in [7, 11) is 0. The van der Waals surface area contributed by atoms with E-state index in [0.717, 1.165) is 27.7 Å². The Balaban J connectivity index is 1.20. The fourth-order valence-corrected chi connectivity index (χ4v) is 4.04. The number of aromatic amines is 1. The minimum absolute atomic E-state index is 0.165. The highest BCUT2D eigenvalue weighted by atomic mass is 32.1. The van der Waals surface area contributed by atoms with Gasteiger partial charge in [0.1, 0.15) is 5.82 Å². The Morgan fingerprint density at radius 1 is 1.16 bits per heavy atom. The van der Waals surface area contributed by atoms with E-state index in [4.69, 9.17) is 4.42 Å². The number of amides is 1. The van der Waals surface area contributed by atoms with Gasteiger partial charge >= 0.3 is 0 Å². The SMILES string of the molecule is O=C(CCc1ncc(-c2ccc(F)cc2)o1)Nc1nc(-c2c[nH]c3ccccc23)cs1. The third kappa shape index (κ3) is 4.10. The van der Waals surface area contributed by atoms with Gasteiger partial charge in [0.2, 0.25) is 5.91 Å². The quantitative estimate of drug-likeness (QED) is 0.363. The number of anilines is 1. The monoisotopic (exact) mass is 432 g/mol. The molecule has 0 saturated carbocycles. The van der Waals surface area contributed by atoms with E-state index in [9.17, 15) is 9.18 Å². The molecular formula is C23H17FN4O2S. The lowest BCUT2D eigenvalue weighted by molar-refractivity contribution is -0.116. The maximum absolute atomic E-state index is 13.0. The van der Waals surface area contributed by atoms with Crippen LogP contribution in [0.2, 0.25) is 0 Å². The number of oxazole rings is 1. The predicted octanol–water partition coefficient (Wildman–Crippen LogP) is 5.66. The molecule has 0 unspecified atom stereocenters. The minimum Gasteiger partial charge on any atom is -0.441 e. The van der Waals surface area contributed by atoms with Crippen molar-refractivity contribution >= 4 is 33.3 Å². The number of fused-ring (bicyclic) bond motifs is 1. The summed E-state index contributed by atoms with van der Waals surface area (Å²) in [5.41, 5.74) is 3.59. The Morgan fingerprint density at radius 2 is 2.00 bits per heavy atom. The third-order valence-corrected chi connectivity index (χ3v) is 5.62. The number of hydrogen-bond donors (Lipinski definition) is 2. The fourth-order valence-electron chi connectivity index (χ4n) is 3.31. The van der Waals surface area contributed by atoms with E-state index < -0.39 is 0 Å². The highest BCUT2D eigenvalue weighted by Gasteiger charge is 2.13. The van der Waals surface area contributed by atoms with Crippen LogP contribution >= 0.6 is 11.3 Å². The number of para-hydroxylation sites is 1. The minimum atomic E-state index is -0.310. The molecule has 3 heterocycles.